The molecular weight excluding hydrogens is 294 g/mol. The molecule has 0 fully saturated rings. The number of nitrogens with zero attached hydrogens (tertiary/aromatic N) is 1. The smallest absolute Gasteiger partial charge is 0.273 e. The molecule has 0 bridgehead atoms. The minimum atomic E-state index is -0.756. The number of Topliss-reactive ketones (excluding diaryl/α,β-unsaturated/α-hetero) is 1. The maximum absolute atomic E-state index is 12.2. The van der Waals surface area contributed by atoms with Crippen LogP contribution in [0.25, 0.3) is 0 Å². The van der Waals surface area contributed by atoms with Crippen molar-refractivity contribution in [1.82, 2.24) is 0 Å². The maximum atomic E-state index is 12.2. The second-order valence-corrected chi connectivity index (χ2v) is 4.82. The molecule has 0 heterocycles. The molecule has 2 aromatic rings. The summed E-state index contributed by atoms with van der Waals surface area (Å²) in [6, 6.07) is 12.2. The molecule has 21 heavy (non-hydrogen) atoms. The second-order valence-electron chi connectivity index (χ2n) is 4.39. The Hall–Kier alpha value is -2.40. The van der Waals surface area contributed by atoms with Gasteiger partial charge in [0.15, 0.2) is 6.10 Å². The quantitative estimate of drug-likeness (QED) is 0.477. The summed E-state index contributed by atoms with van der Waals surface area (Å²) in [5.74, 6) is 0.0530. The SMILES string of the molecule is C[C@H](Oc1cccc([N+](=O)[O-])c1)C(=O)c1ccc(Cl)cc1. The summed E-state index contributed by atoms with van der Waals surface area (Å²) in [5, 5.41) is 11.2. The van der Waals surface area contributed by atoms with Gasteiger partial charge in [0.25, 0.3) is 5.69 Å². The third kappa shape index (κ3) is 3.79. The van der Waals surface area contributed by atoms with Crippen molar-refractivity contribution in [3.05, 3.63) is 69.2 Å². The average molecular weight is 306 g/mol. The van der Waals surface area contributed by atoms with E-state index in [1.165, 1.54) is 18.2 Å². The van der Waals surface area contributed by atoms with Gasteiger partial charge in [-0.1, -0.05) is 17.7 Å². The molecule has 0 aliphatic heterocycles. The van der Waals surface area contributed by atoms with Crippen LogP contribution < -0.4 is 4.74 Å². The van der Waals surface area contributed by atoms with Crippen LogP contribution >= 0.6 is 11.6 Å². The summed E-state index contributed by atoms with van der Waals surface area (Å²) < 4.78 is 5.46. The number of rotatable bonds is 5. The van der Waals surface area contributed by atoms with Crippen LogP contribution in [-0.4, -0.2) is 16.8 Å². The minimum Gasteiger partial charge on any atom is -0.482 e. The Bertz CT molecular complexity index is 670. The third-order valence-electron chi connectivity index (χ3n) is 2.84. The van der Waals surface area contributed by atoms with Gasteiger partial charge in [-0.15, -0.1) is 0 Å². The average Bonchev–Trinajstić information content (AvgIpc) is 2.47. The molecule has 0 N–H and O–H groups in total. The lowest BCUT2D eigenvalue weighted by molar-refractivity contribution is -0.384. The number of benzene rings is 2. The Morgan fingerprint density at radius 3 is 2.52 bits per heavy atom. The molecule has 0 amide bonds. The molecule has 2 aromatic carbocycles. The monoisotopic (exact) mass is 305 g/mol. The molecule has 1 atom stereocenters. The van der Waals surface area contributed by atoms with Gasteiger partial charge in [-0.25, -0.2) is 0 Å². The summed E-state index contributed by atoms with van der Waals surface area (Å²) in [6.45, 7) is 1.59. The molecule has 108 valence electrons. The normalized spacial score (nSPS) is 11.7. The molecular formula is C15H12ClNO4. The Morgan fingerprint density at radius 1 is 1.24 bits per heavy atom. The van der Waals surface area contributed by atoms with Gasteiger partial charge in [-0.05, 0) is 37.3 Å². The molecule has 0 saturated heterocycles. The van der Waals surface area contributed by atoms with Crippen LogP contribution in [0.3, 0.4) is 0 Å². The summed E-state index contributed by atoms with van der Waals surface area (Å²) in [4.78, 5) is 22.4. The third-order valence-corrected chi connectivity index (χ3v) is 3.09. The van der Waals surface area contributed by atoms with Gasteiger partial charge in [0.05, 0.1) is 11.0 Å². The van der Waals surface area contributed by atoms with E-state index < -0.39 is 11.0 Å². The Balaban J connectivity index is 2.12. The maximum Gasteiger partial charge on any atom is 0.273 e. The fourth-order valence-corrected chi connectivity index (χ4v) is 1.90. The molecule has 0 aliphatic carbocycles. The van der Waals surface area contributed by atoms with Crippen LogP contribution in [0.15, 0.2) is 48.5 Å². The van der Waals surface area contributed by atoms with Crippen molar-refractivity contribution in [2.75, 3.05) is 0 Å². The first-order valence-electron chi connectivity index (χ1n) is 6.18. The molecule has 0 radical (unpaired) electrons. The van der Waals surface area contributed by atoms with E-state index >= 15 is 0 Å². The van der Waals surface area contributed by atoms with Gasteiger partial charge < -0.3 is 4.74 Å². The largest absolute Gasteiger partial charge is 0.482 e. The fourth-order valence-electron chi connectivity index (χ4n) is 1.78. The van der Waals surface area contributed by atoms with E-state index in [2.05, 4.69) is 0 Å². The Kier molecular flexibility index (Phi) is 4.55. The van der Waals surface area contributed by atoms with Gasteiger partial charge >= 0.3 is 0 Å². The number of non-ortho nitro benzene ring substituents is 1. The standard InChI is InChI=1S/C15H12ClNO4/c1-10(15(18)11-5-7-12(16)8-6-11)21-14-4-2-3-13(9-14)17(19)20/h2-10H,1H3/t10-/m0/s1. The van der Waals surface area contributed by atoms with Crippen molar-refractivity contribution >= 4 is 23.1 Å². The highest BCUT2D eigenvalue weighted by Gasteiger charge is 2.17. The van der Waals surface area contributed by atoms with Crippen LogP contribution in [0.5, 0.6) is 5.75 Å². The van der Waals surface area contributed by atoms with Gasteiger partial charge in [0.1, 0.15) is 5.75 Å². The van der Waals surface area contributed by atoms with Crippen LogP contribution in [0, 0.1) is 10.1 Å². The number of carbonyl (C=O) groups is 1. The predicted octanol–water partition coefficient (Wildman–Crippen LogP) is 3.90. The molecule has 0 saturated carbocycles. The van der Waals surface area contributed by atoms with E-state index in [0.717, 1.165) is 0 Å². The molecule has 0 spiro atoms. The molecule has 0 aliphatic rings. The number of carbonyl (C=O) groups excluding carboxylic acids is 1. The fraction of sp³-hybridized carbons (Fsp3) is 0.133. The lowest BCUT2D eigenvalue weighted by Gasteiger charge is -2.13. The molecule has 0 aromatic heterocycles. The van der Waals surface area contributed by atoms with Crippen LogP contribution in [0.2, 0.25) is 5.02 Å². The number of hydrogen-bond donors (Lipinski definition) is 0. The summed E-state index contributed by atoms with van der Waals surface area (Å²) in [7, 11) is 0. The number of ketones is 1. The van der Waals surface area contributed by atoms with E-state index in [4.69, 9.17) is 16.3 Å². The predicted molar refractivity (Wildman–Crippen MR) is 79.0 cm³/mol. The van der Waals surface area contributed by atoms with Crippen molar-refractivity contribution in [3.8, 4) is 5.75 Å². The zero-order chi connectivity index (χ0) is 15.4. The highest BCUT2D eigenvalue weighted by Crippen LogP contribution is 2.21. The van der Waals surface area contributed by atoms with Gasteiger partial charge in [0.2, 0.25) is 5.78 Å². The van der Waals surface area contributed by atoms with Gasteiger partial charge in [-0.3, -0.25) is 14.9 Å². The molecule has 2 rings (SSSR count). The van der Waals surface area contributed by atoms with Crippen LogP contribution in [0.4, 0.5) is 5.69 Å². The zero-order valence-corrected chi connectivity index (χ0v) is 11.9. The first kappa shape index (κ1) is 15.0. The van der Waals surface area contributed by atoms with Crippen molar-refractivity contribution in [2.45, 2.75) is 13.0 Å². The summed E-state index contributed by atoms with van der Waals surface area (Å²) in [6.07, 6.45) is -0.756. The van der Waals surface area contributed by atoms with E-state index in [1.54, 1.807) is 37.3 Å². The minimum absolute atomic E-state index is 0.0846. The van der Waals surface area contributed by atoms with Crippen molar-refractivity contribution < 1.29 is 14.5 Å². The van der Waals surface area contributed by atoms with Gasteiger partial charge in [0, 0.05) is 16.7 Å². The summed E-state index contributed by atoms with van der Waals surface area (Å²) >= 11 is 5.77. The highest BCUT2D eigenvalue weighted by molar-refractivity contribution is 6.30. The van der Waals surface area contributed by atoms with Crippen molar-refractivity contribution in [3.63, 3.8) is 0 Å². The van der Waals surface area contributed by atoms with Crippen LogP contribution in [0.1, 0.15) is 17.3 Å². The zero-order valence-electron chi connectivity index (χ0n) is 11.2. The topological polar surface area (TPSA) is 69.4 Å². The number of ether oxygens (including phenoxy) is 1. The van der Waals surface area contributed by atoms with E-state index in [9.17, 15) is 14.9 Å². The molecule has 0 unspecified atom stereocenters. The van der Waals surface area contributed by atoms with E-state index in [1.807, 2.05) is 0 Å². The first-order chi connectivity index (χ1) is 9.97. The Labute approximate surface area is 126 Å². The number of hydrogen-bond acceptors (Lipinski definition) is 4. The van der Waals surface area contributed by atoms with Crippen LogP contribution in [-0.2, 0) is 0 Å². The summed E-state index contributed by atoms with van der Waals surface area (Å²) in [5.41, 5.74) is 0.385. The molecule has 5 nitrogen and oxygen atoms in total. The number of nitro groups is 1. The Morgan fingerprint density at radius 2 is 1.90 bits per heavy atom. The van der Waals surface area contributed by atoms with E-state index in [-0.39, 0.29) is 17.2 Å². The lowest BCUT2D eigenvalue weighted by atomic mass is 10.1. The van der Waals surface area contributed by atoms with E-state index in [0.29, 0.717) is 10.6 Å². The number of nitro benzene ring substituents is 1. The lowest BCUT2D eigenvalue weighted by Crippen LogP contribution is -2.23. The van der Waals surface area contributed by atoms with Crippen molar-refractivity contribution in [1.29, 1.82) is 0 Å². The molecule has 6 heteroatoms. The van der Waals surface area contributed by atoms with Gasteiger partial charge in [-0.2, -0.15) is 0 Å². The van der Waals surface area contributed by atoms with Crippen molar-refractivity contribution in [2.24, 2.45) is 0 Å². The number of halogens is 1. The first-order valence-corrected chi connectivity index (χ1v) is 6.56. The second kappa shape index (κ2) is 6.37. The highest BCUT2D eigenvalue weighted by atomic mass is 35.5.